The number of hydrogen-bond donors (Lipinski definition) is 1. The third-order valence-corrected chi connectivity index (χ3v) is 5.52. The van der Waals surface area contributed by atoms with E-state index in [1.807, 2.05) is 5.38 Å². The van der Waals surface area contributed by atoms with E-state index in [1.54, 1.807) is 34.0 Å². The van der Waals surface area contributed by atoms with Crippen molar-refractivity contribution < 1.29 is 5.11 Å². The Morgan fingerprint density at radius 1 is 1.19 bits per heavy atom. The predicted octanol–water partition coefficient (Wildman–Crippen LogP) is 4.41. The maximum atomic E-state index is 10.2. The van der Waals surface area contributed by atoms with Gasteiger partial charge in [-0.1, -0.05) is 0 Å². The molecule has 3 heterocycles. The van der Waals surface area contributed by atoms with Gasteiger partial charge in [-0.05, 0) is 41.4 Å². The zero-order valence-electron chi connectivity index (χ0n) is 8.64. The van der Waals surface area contributed by atoms with Crippen molar-refractivity contribution in [2.75, 3.05) is 0 Å². The summed E-state index contributed by atoms with van der Waals surface area (Å²) < 4.78 is 2.54. The van der Waals surface area contributed by atoms with Crippen LogP contribution in [0.5, 0.6) is 0 Å². The highest BCUT2D eigenvalue weighted by atomic mass is 32.1. The standard InChI is InChI=1S/C12H10OS3/c1-7-4-8(6-15-7)12(13)11-5-10-9(16-11)2-3-14-10/h2-6,12-13H,1H3. The van der Waals surface area contributed by atoms with E-state index < -0.39 is 6.10 Å². The number of aryl methyl sites for hydroxylation is 1. The van der Waals surface area contributed by atoms with Crippen molar-refractivity contribution in [2.24, 2.45) is 0 Å². The van der Waals surface area contributed by atoms with Crippen LogP contribution in [0, 0.1) is 6.92 Å². The van der Waals surface area contributed by atoms with Gasteiger partial charge in [-0.15, -0.1) is 34.0 Å². The second-order valence-corrected chi connectivity index (χ2v) is 6.87. The van der Waals surface area contributed by atoms with E-state index in [0.717, 1.165) is 10.4 Å². The van der Waals surface area contributed by atoms with Crippen LogP contribution < -0.4 is 0 Å². The highest BCUT2D eigenvalue weighted by molar-refractivity contribution is 7.27. The van der Waals surface area contributed by atoms with Crippen LogP contribution in [0.4, 0.5) is 0 Å². The van der Waals surface area contributed by atoms with Gasteiger partial charge in [-0.2, -0.15) is 0 Å². The molecule has 0 amide bonds. The Morgan fingerprint density at radius 2 is 2.06 bits per heavy atom. The molecule has 1 N–H and O–H groups in total. The highest BCUT2D eigenvalue weighted by Crippen LogP contribution is 2.36. The molecule has 0 fully saturated rings. The maximum Gasteiger partial charge on any atom is 0.114 e. The van der Waals surface area contributed by atoms with E-state index in [1.165, 1.54) is 14.3 Å². The van der Waals surface area contributed by atoms with Gasteiger partial charge in [0.05, 0.1) is 0 Å². The van der Waals surface area contributed by atoms with E-state index in [-0.39, 0.29) is 0 Å². The molecule has 0 aliphatic rings. The number of aliphatic hydroxyl groups excluding tert-OH is 1. The molecule has 3 aromatic heterocycles. The lowest BCUT2D eigenvalue weighted by atomic mass is 10.1. The van der Waals surface area contributed by atoms with Crippen molar-refractivity contribution in [1.29, 1.82) is 0 Å². The van der Waals surface area contributed by atoms with Crippen molar-refractivity contribution in [3.63, 3.8) is 0 Å². The first-order chi connectivity index (χ1) is 7.74. The zero-order chi connectivity index (χ0) is 11.1. The number of thiophene rings is 3. The summed E-state index contributed by atoms with van der Waals surface area (Å²) in [6.45, 7) is 2.06. The van der Waals surface area contributed by atoms with Crippen LogP contribution in [0.25, 0.3) is 9.40 Å². The maximum absolute atomic E-state index is 10.2. The molecule has 82 valence electrons. The monoisotopic (exact) mass is 266 g/mol. The molecule has 16 heavy (non-hydrogen) atoms. The normalized spacial score (nSPS) is 13.4. The molecule has 3 aromatic rings. The van der Waals surface area contributed by atoms with Gasteiger partial charge in [0.1, 0.15) is 6.10 Å². The third-order valence-electron chi connectivity index (χ3n) is 2.49. The predicted molar refractivity (Wildman–Crippen MR) is 72.8 cm³/mol. The van der Waals surface area contributed by atoms with Crippen LogP contribution >= 0.6 is 34.0 Å². The lowest BCUT2D eigenvalue weighted by molar-refractivity contribution is 0.225. The summed E-state index contributed by atoms with van der Waals surface area (Å²) in [5, 5.41) is 14.4. The first kappa shape index (κ1) is 10.5. The molecule has 0 radical (unpaired) electrons. The van der Waals surface area contributed by atoms with Crippen molar-refractivity contribution in [1.82, 2.24) is 0 Å². The van der Waals surface area contributed by atoms with Crippen molar-refractivity contribution in [3.05, 3.63) is 44.3 Å². The van der Waals surface area contributed by atoms with Crippen LogP contribution in [0.1, 0.15) is 21.4 Å². The molecule has 1 unspecified atom stereocenters. The van der Waals surface area contributed by atoms with Crippen LogP contribution in [-0.4, -0.2) is 5.11 Å². The van der Waals surface area contributed by atoms with Crippen molar-refractivity contribution in [2.45, 2.75) is 13.0 Å². The molecule has 0 saturated carbocycles. The molecule has 0 aliphatic carbocycles. The second kappa shape index (κ2) is 3.96. The van der Waals surface area contributed by atoms with Gasteiger partial charge in [0, 0.05) is 19.2 Å². The molecule has 1 atom stereocenters. The first-order valence-electron chi connectivity index (χ1n) is 4.94. The summed E-state index contributed by atoms with van der Waals surface area (Å²) >= 11 is 5.09. The summed E-state index contributed by atoms with van der Waals surface area (Å²) in [4.78, 5) is 2.28. The molecule has 4 heteroatoms. The fourth-order valence-electron chi connectivity index (χ4n) is 1.69. The van der Waals surface area contributed by atoms with Crippen LogP contribution in [0.2, 0.25) is 0 Å². The molecule has 0 spiro atoms. The highest BCUT2D eigenvalue weighted by Gasteiger charge is 2.15. The van der Waals surface area contributed by atoms with Crippen LogP contribution in [-0.2, 0) is 0 Å². The van der Waals surface area contributed by atoms with Gasteiger partial charge in [0.25, 0.3) is 0 Å². The van der Waals surface area contributed by atoms with Crippen molar-refractivity contribution in [3.8, 4) is 0 Å². The van der Waals surface area contributed by atoms with Gasteiger partial charge >= 0.3 is 0 Å². The molecule has 0 saturated heterocycles. The molecule has 1 nitrogen and oxygen atoms in total. The zero-order valence-corrected chi connectivity index (χ0v) is 11.1. The topological polar surface area (TPSA) is 20.2 Å². The lowest BCUT2D eigenvalue weighted by Crippen LogP contribution is -1.93. The summed E-state index contributed by atoms with van der Waals surface area (Å²) in [6, 6.07) is 6.27. The minimum Gasteiger partial charge on any atom is -0.383 e. The molecule has 0 aliphatic heterocycles. The minimum atomic E-state index is -0.463. The second-order valence-electron chi connectivity index (χ2n) is 3.69. The van der Waals surface area contributed by atoms with Gasteiger partial charge in [-0.25, -0.2) is 0 Å². The average molecular weight is 266 g/mol. The van der Waals surface area contributed by atoms with Gasteiger partial charge in [0.15, 0.2) is 0 Å². The number of aliphatic hydroxyl groups is 1. The van der Waals surface area contributed by atoms with E-state index in [9.17, 15) is 5.11 Å². The summed E-state index contributed by atoms with van der Waals surface area (Å²) in [5.74, 6) is 0. The summed E-state index contributed by atoms with van der Waals surface area (Å²) in [6.07, 6.45) is -0.463. The van der Waals surface area contributed by atoms with E-state index in [0.29, 0.717) is 0 Å². The fourth-order valence-corrected chi connectivity index (χ4v) is 4.55. The molecular weight excluding hydrogens is 256 g/mol. The Bertz CT molecular complexity index is 588. The SMILES string of the molecule is Cc1cc(C(O)c2cc3sccc3s2)cs1. The van der Waals surface area contributed by atoms with Gasteiger partial charge < -0.3 is 5.11 Å². The number of fused-ring (bicyclic) bond motifs is 1. The van der Waals surface area contributed by atoms with E-state index in [4.69, 9.17) is 0 Å². The molecule has 3 rings (SSSR count). The molecule has 0 aromatic carbocycles. The fraction of sp³-hybridized carbons (Fsp3) is 0.167. The Labute approximate surface area is 106 Å². The summed E-state index contributed by atoms with van der Waals surface area (Å²) in [5.41, 5.74) is 1.01. The van der Waals surface area contributed by atoms with Crippen LogP contribution in [0.3, 0.4) is 0 Å². The van der Waals surface area contributed by atoms with Crippen molar-refractivity contribution >= 4 is 43.4 Å². The Kier molecular flexibility index (Phi) is 2.59. The Balaban J connectivity index is 2.00. The third kappa shape index (κ3) is 1.72. The average Bonchev–Trinajstić information content (AvgIpc) is 2.89. The number of hydrogen-bond acceptors (Lipinski definition) is 4. The van der Waals surface area contributed by atoms with Crippen LogP contribution in [0.15, 0.2) is 29.0 Å². The number of rotatable bonds is 2. The van der Waals surface area contributed by atoms with Gasteiger partial charge in [0.2, 0.25) is 0 Å². The minimum absolute atomic E-state index is 0.463. The lowest BCUT2D eigenvalue weighted by Gasteiger charge is -2.04. The van der Waals surface area contributed by atoms with E-state index >= 15 is 0 Å². The Hall–Kier alpha value is -0.680. The van der Waals surface area contributed by atoms with E-state index in [2.05, 4.69) is 30.5 Å². The molecular formula is C12H10OS3. The molecule has 0 bridgehead atoms. The quantitative estimate of drug-likeness (QED) is 0.728. The first-order valence-corrected chi connectivity index (χ1v) is 7.51. The summed E-state index contributed by atoms with van der Waals surface area (Å²) in [7, 11) is 0. The Morgan fingerprint density at radius 3 is 2.75 bits per heavy atom. The smallest absolute Gasteiger partial charge is 0.114 e. The van der Waals surface area contributed by atoms with Gasteiger partial charge in [-0.3, -0.25) is 0 Å². The largest absolute Gasteiger partial charge is 0.383 e.